The lowest BCUT2D eigenvalue weighted by Gasteiger charge is -2.31. The third-order valence-electron chi connectivity index (χ3n) is 5.34. The molecule has 0 spiro atoms. The van der Waals surface area contributed by atoms with Gasteiger partial charge < -0.3 is 9.80 Å². The summed E-state index contributed by atoms with van der Waals surface area (Å²) < 4.78 is 3.58. The Balaban J connectivity index is 2.21. The molecule has 2 aromatic rings. The number of rotatable bonds is 5. The van der Waals surface area contributed by atoms with Crippen molar-refractivity contribution in [3.8, 4) is 11.8 Å². The van der Waals surface area contributed by atoms with Crippen LogP contribution in [-0.2, 0) is 13.6 Å². The minimum atomic E-state index is -0.0661. The van der Waals surface area contributed by atoms with Crippen molar-refractivity contribution in [3.63, 3.8) is 0 Å². The standard InChI is InChI=1S/C20H30N6O/c1-6-9-13-26-16-17(22-20(26)25-12-10-11-15(4)14-25)21-19(23(5)18(16)27)24(7-2)8-3/h15H,7-8,10-14H2,1-5H3. The zero-order valence-electron chi connectivity index (χ0n) is 17.1. The van der Waals surface area contributed by atoms with Crippen LogP contribution in [0.4, 0.5) is 11.9 Å². The Morgan fingerprint density at radius 2 is 2.00 bits per heavy atom. The molecule has 0 saturated carbocycles. The quantitative estimate of drug-likeness (QED) is 0.756. The van der Waals surface area contributed by atoms with Gasteiger partial charge in [-0.1, -0.05) is 12.8 Å². The van der Waals surface area contributed by atoms with Crippen molar-refractivity contribution in [2.45, 2.75) is 47.1 Å². The van der Waals surface area contributed by atoms with Crippen molar-refractivity contribution in [1.29, 1.82) is 0 Å². The lowest BCUT2D eigenvalue weighted by atomic mass is 10.0. The summed E-state index contributed by atoms with van der Waals surface area (Å²) in [4.78, 5) is 27.1. The van der Waals surface area contributed by atoms with E-state index in [-0.39, 0.29) is 5.56 Å². The average molecular weight is 371 g/mol. The number of aromatic nitrogens is 4. The van der Waals surface area contributed by atoms with Crippen molar-refractivity contribution in [2.75, 3.05) is 36.0 Å². The van der Waals surface area contributed by atoms with Gasteiger partial charge in [-0.05, 0) is 39.5 Å². The van der Waals surface area contributed by atoms with Gasteiger partial charge in [0.25, 0.3) is 5.56 Å². The van der Waals surface area contributed by atoms with E-state index in [1.807, 2.05) is 11.5 Å². The number of nitrogens with zero attached hydrogens (tertiary/aromatic N) is 6. The first-order chi connectivity index (χ1) is 13.0. The van der Waals surface area contributed by atoms with Crippen molar-refractivity contribution >= 4 is 23.1 Å². The largest absolute Gasteiger partial charge is 0.343 e. The van der Waals surface area contributed by atoms with Gasteiger partial charge in [0.05, 0.1) is 6.54 Å². The second-order valence-corrected chi connectivity index (χ2v) is 7.24. The van der Waals surface area contributed by atoms with Crippen molar-refractivity contribution in [3.05, 3.63) is 10.4 Å². The van der Waals surface area contributed by atoms with E-state index in [9.17, 15) is 4.79 Å². The highest BCUT2D eigenvalue weighted by molar-refractivity contribution is 5.76. The van der Waals surface area contributed by atoms with Crippen LogP contribution in [0, 0.1) is 17.8 Å². The topological polar surface area (TPSA) is 59.2 Å². The molecule has 3 rings (SSSR count). The molecule has 0 amide bonds. The van der Waals surface area contributed by atoms with Crippen molar-refractivity contribution in [1.82, 2.24) is 19.1 Å². The van der Waals surface area contributed by atoms with Crippen LogP contribution < -0.4 is 15.4 Å². The van der Waals surface area contributed by atoms with Crippen LogP contribution in [0.5, 0.6) is 0 Å². The third kappa shape index (κ3) is 3.53. The van der Waals surface area contributed by atoms with Crippen LogP contribution in [0.15, 0.2) is 4.79 Å². The summed E-state index contributed by atoms with van der Waals surface area (Å²) in [6, 6.07) is 0. The van der Waals surface area contributed by atoms with E-state index in [1.165, 1.54) is 6.42 Å². The second kappa shape index (κ2) is 8.03. The fourth-order valence-electron chi connectivity index (χ4n) is 3.85. The SMILES string of the molecule is CC#CCn1c(N2CCCC(C)C2)nc2nc(N(CC)CC)n(C)c(=O)c21. The van der Waals surface area contributed by atoms with Gasteiger partial charge in [-0.3, -0.25) is 13.9 Å². The Hall–Kier alpha value is -2.49. The first kappa shape index (κ1) is 19.3. The van der Waals surface area contributed by atoms with Crippen LogP contribution in [0.2, 0.25) is 0 Å². The summed E-state index contributed by atoms with van der Waals surface area (Å²) >= 11 is 0. The zero-order chi connectivity index (χ0) is 19.6. The van der Waals surface area contributed by atoms with Gasteiger partial charge in [-0.2, -0.15) is 9.97 Å². The molecule has 0 radical (unpaired) electrons. The van der Waals surface area contributed by atoms with Crippen molar-refractivity contribution < 1.29 is 0 Å². The van der Waals surface area contributed by atoms with E-state index in [4.69, 9.17) is 9.97 Å². The molecule has 1 atom stereocenters. The predicted octanol–water partition coefficient (Wildman–Crippen LogP) is 2.24. The molecule has 1 saturated heterocycles. The summed E-state index contributed by atoms with van der Waals surface area (Å²) in [5.74, 6) is 8.14. The Bertz CT molecular complexity index is 928. The number of imidazole rings is 1. The van der Waals surface area contributed by atoms with E-state index < -0.39 is 0 Å². The molecule has 1 fully saturated rings. The smallest absolute Gasteiger partial charge is 0.281 e. The summed E-state index contributed by atoms with van der Waals surface area (Å²) in [6.45, 7) is 12.2. The Morgan fingerprint density at radius 1 is 1.26 bits per heavy atom. The minimum absolute atomic E-state index is 0.0661. The van der Waals surface area contributed by atoms with E-state index in [1.54, 1.807) is 11.6 Å². The lowest BCUT2D eigenvalue weighted by molar-refractivity contribution is 0.439. The normalized spacial score (nSPS) is 17.1. The maximum absolute atomic E-state index is 13.2. The molecule has 27 heavy (non-hydrogen) atoms. The molecule has 0 aliphatic carbocycles. The molecular formula is C20H30N6O. The molecule has 1 aliphatic heterocycles. The number of fused-ring (bicyclic) bond motifs is 1. The molecule has 0 bridgehead atoms. The zero-order valence-corrected chi connectivity index (χ0v) is 17.1. The van der Waals surface area contributed by atoms with Gasteiger partial charge in [0.1, 0.15) is 0 Å². The molecule has 146 valence electrons. The summed E-state index contributed by atoms with van der Waals surface area (Å²) in [6.07, 6.45) is 2.37. The van der Waals surface area contributed by atoms with Crippen LogP contribution in [0.25, 0.3) is 11.2 Å². The highest BCUT2D eigenvalue weighted by Gasteiger charge is 2.25. The molecule has 2 aromatic heterocycles. The number of piperidine rings is 1. The average Bonchev–Trinajstić information content (AvgIpc) is 3.03. The first-order valence-electron chi connectivity index (χ1n) is 9.88. The maximum Gasteiger partial charge on any atom is 0.281 e. The highest BCUT2D eigenvalue weighted by Crippen LogP contribution is 2.25. The summed E-state index contributed by atoms with van der Waals surface area (Å²) in [5, 5.41) is 0. The molecule has 0 N–H and O–H groups in total. The molecule has 1 aliphatic rings. The lowest BCUT2D eigenvalue weighted by Crippen LogP contribution is -2.36. The van der Waals surface area contributed by atoms with Crippen molar-refractivity contribution in [2.24, 2.45) is 13.0 Å². The molecular weight excluding hydrogens is 340 g/mol. The molecule has 7 nitrogen and oxygen atoms in total. The van der Waals surface area contributed by atoms with Gasteiger partial charge in [0, 0.05) is 33.2 Å². The Kier molecular flexibility index (Phi) is 5.73. The highest BCUT2D eigenvalue weighted by atomic mass is 16.1. The van der Waals surface area contributed by atoms with Gasteiger partial charge in [0.2, 0.25) is 11.9 Å². The van der Waals surface area contributed by atoms with E-state index in [0.717, 1.165) is 38.5 Å². The molecule has 1 unspecified atom stereocenters. The van der Waals surface area contributed by atoms with Gasteiger partial charge >= 0.3 is 0 Å². The molecule has 3 heterocycles. The number of anilines is 2. The fraction of sp³-hybridized carbons (Fsp3) is 0.650. The third-order valence-corrected chi connectivity index (χ3v) is 5.34. The van der Waals surface area contributed by atoms with Gasteiger partial charge in [-0.15, -0.1) is 5.92 Å². The number of hydrogen-bond acceptors (Lipinski definition) is 5. The monoisotopic (exact) mass is 370 g/mol. The van der Waals surface area contributed by atoms with Gasteiger partial charge in [-0.25, -0.2) is 0 Å². The second-order valence-electron chi connectivity index (χ2n) is 7.24. The Morgan fingerprint density at radius 3 is 2.63 bits per heavy atom. The first-order valence-corrected chi connectivity index (χ1v) is 9.88. The summed E-state index contributed by atoms with van der Waals surface area (Å²) in [5.41, 5.74) is 0.999. The van der Waals surface area contributed by atoms with E-state index in [2.05, 4.69) is 42.4 Å². The van der Waals surface area contributed by atoms with Crippen LogP contribution in [-0.4, -0.2) is 45.3 Å². The predicted molar refractivity (Wildman–Crippen MR) is 110 cm³/mol. The van der Waals surface area contributed by atoms with Gasteiger partial charge in [0.15, 0.2) is 11.2 Å². The Labute approximate surface area is 161 Å². The van der Waals surface area contributed by atoms with Crippen LogP contribution in [0.1, 0.15) is 40.5 Å². The van der Waals surface area contributed by atoms with E-state index in [0.29, 0.717) is 29.6 Å². The fourth-order valence-corrected chi connectivity index (χ4v) is 3.85. The van der Waals surface area contributed by atoms with Crippen LogP contribution in [0.3, 0.4) is 0 Å². The summed E-state index contributed by atoms with van der Waals surface area (Å²) in [7, 11) is 1.79. The van der Waals surface area contributed by atoms with E-state index >= 15 is 0 Å². The maximum atomic E-state index is 13.2. The number of hydrogen-bond donors (Lipinski definition) is 0. The molecule has 7 heteroatoms. The minimum Gasteiger partial charge on any atom is -0.343 e. The molecule has 0 aromatic carbocycles. The van der Waals surface area contributed by atoms with Crippen LogP contribution >= 0.6 is 0 Å².